The van der Waals surface area contributed by atoms with E-state index in [1.807, 2.05) is 45.3 Å². The van der Waals surface area contributed by atoms with Crippen LogP contribution in [0.15, 0.2) is 36.4 Å². The summed E-state index contributed by atoms with van der Waals surface area (Å²) >= 11 is 8.93. The Morgan fingerprint density at radius 3 is 1.29 bits per heavy atom. The first-order valence-corrected chi connectivity index (χ1v) is 21.9. The third-order valence-corrected chi connectivity index (χ3v) is 14.7. The van der Waals surface area contributed by atoms with Gasteiger partial charge in [0, 0.05) is 50.1 Å². The van der Waals surface area contributed by atoms with Crippen molar-refractivity contribution in [1.82, 2.24) is 8.75 Å². The summed E-state index contributed by atoms with van der Waals surface area (Å²) in [5, 5.41) is 0. The van der Waals surface area contributed by atoms with Crippen LogP contribution in [0.4, 0.5) is 0 Å². The fraction of sp³-hybridized carbons (Fsp3) is 0.381. The van der Waals surface area contributed by atoms with Crippen LogP contribution in [0.5, 0.6) is 0 Å². The van der Waals surface area contributed by atoms with Gasteiger partial charge in [0.25, 0.3) is 0 Å². The van der Waals surface area contributed by atoms with Gasteiger partial charge in [-0.3, -0.25) is 0 Å². The van der Waals surface area contributed by atoms with Gasteiger partial charge in [-0.05, 0) is 124 Å². The Morgan fingerprint density at radius 2 is 0.878 bits per heavy atom. The molecule has 0 aliphatic heterocycles. The highest BCUT2D eigenvalue weighted by Crippen LogP contribution is 2.42. The molecule has 0 radical (unpaired) electrons. The van der Waals surface area contributed by atoms with Gasteiger partial charge in [0.15, 0.2) is 0 Å². The van der Waals surface area contributed by atoms with E-state index in [-0.39, 0.29) is 0 Å². The summed E-state index contributed by atoms with van der Waals surface area (Å²) in [5.74, 6) is 0. The average molecular weight is 741 g/mol. The van der Waals surface area contributed by atoms with Crippen LogP contribution in [0.25, 0.3) is 56.2 Å². The molecule has 49 heavy (non-hydrogen) atoms. The number of rotatable bonds is 16. The molecule has 5 aromatic heterocycles. The molecule has 0 aliphatic rings. The number of aryl methyl sites for hydroxylation is 6. The molecule has 0 atom stereocenters. The number of hydrogen-bond acceptors (Lipinski definition) is 7. The number of aromatic nitrogens is 2. The van der Waals surface area contributed by atoms with E-state index in [1.54, 1.807) is 0 Å². The number of unbranched alkanes of at least 4 members (excludes halogenated alkanes) is 6. The summed E-state index contributed by atoms with van der Waals surface area (Å²) in [4.78, 5) is 10.9. The van der Waals surface area contributed by atoms with Crippen molar-refractivity contribution < 1.29 is 0 Å². The maximum atomic E-state index is 4.83. The molecule has 6 rings (SSSR count). The van der Waals surface area contributed by atoms with E-state index in [4.69, 9.17) is 8.75 Å². The third kappa shape index (κ3) is 8.80. The second-order valence-electron chi connectivity index (χ2n) is 13.2. The van der Waals surface area contributed by atoms with E-state index in [1.165, 1.54) is 148 Å². The molecule has 256 valence electrons. The molecular formula is C42H48N2S5. The quantitative estimate of drug-likeness (QED) is 0.0924. The maximum Gasteiger partial charge on any atom is 0.114 e. The molecule has 0 bridgehead atoms. The van der Waals surface area contributed by atoms with E-state index in [0.29, 0.717) is 0 Å². The number of fused-ring (bicyclic) bond motifs is 1. The predicted octanol–water partition coefficient (Wildman–Crippen LogP) is 15.1. The molecule has 0 N–H and O–H groups in total. The first-order valence-electron chi connectivity index (χ1n) is 17.9. The molecule has 0 saturated heterocycles. The normalized spacial score (nSPS) is 12.1. The minimum atomic E-state index is 1.00. The fourth-order valence-corrected chi connectivity index (χ4v) is 11.3. The summed E-state index contributed by atoms with van der Waals surface area (Å²) in [6, 6.07) is 13.9. The number of nitrogens with zero attached hydrogens (tertiary/aromatic N) is 2. The highest BCUT2D eigenvalue weighted by atomic mass is 32.1. The van der Waals surface area contributed by atoms with Gasteiger partial charge >= 0.3 is 0 Å². The van der Waals surface area contributed by atoms with Crippen molar-refractivity contribution in [3.8, 4) is 20.9 Å². The van der Waals surface area contributed by atoms with Crippen LogP contribution in [0.3, 0.4) is 0 Å². The Hall–Kier alpha value is -2.68. The number of thiophene rings is 4. The zero-order valence-corrected chi connectivity index (χ0v) is 33.9. The Labute approximate surface area is 313 Å². The highest BCUT2D eigenvalue weighted by molar-refractivity contribution is 7.17. The van der Waals surface area contributed by atoms with Gasteiger partial charge in [-0.25, -0.2) is 0 Å². The van der Waals surface area contributed by atoms with E-state index in [0.717, 1.165) is 11.0 Å². The second-order valence-corrected chi connectivity index (χ2v) is 18.3. The molecule has 1 aromatic carbocycles. The topological polar surface area (TPSA) is 25.8 Å². The molecule has 7 heteroatoms. The van der Waals surface area contributed by atoms with E-state index >= 15 is 0 Å². The minimum absolute atomic E-state index is 1.00. The van der Waals surface area contributed by atoms with Crippen LogP contribution in [0.2, 0.25) is 0 Å². The molecule has 0 unspecified atom stereocenters. The highest BCUT2D eigenvalue weighted by Gasteiger charge is 2.18. The molecule has 0 spiro atoms. The molecule has 6 aromatic rings. The van der Waals surface area contributed by atoms with Crippen molar-refractivity contribution in [3.63, 3.8) is 0 Å². The van der Waals surface area contributed by atoms with Crippen molar-refractivity contribution in [2.75, 3.05) is 0 Å². The Kier molecular flexibility index (Phi) is 12.5. The summed E-state index contributed by atoms with van der Waals surface area (Å²) in [7, 11) is 0. The van der Waals surface area contributed by atoms with E-state index in [2.05, 4.69) is 102 Å². The first-order chi connectivity index (χ1) is 23.8. The summed E-state index contributed by atoms with van der Waals surface area (Å²) < 4.78 is 9.65. The third-order valence-electron chi connectivity index (χ3n) is 9.20. The Bertz CT molecular complexity index is 1910. The smallest absolute Gasteiger partial charge is 0.114 e. The van der Waals surface area contributed by atoms with Crippen molar-refractivity contribution in [1.29, 1.82) is 0 Å². The fourth-order valence-electron chi connectivity index (χ4n) is 6.31. The Morgan fingerprint density at radius 1 is 0.490 bits per heavy atom. The lowest BCUT2D eigenvalue weighted by Crippen LogP contribution is -1.82. The van der Waals surface area contributed by atoms with Gasteiger partial charge in [0.05, 0.1) is 11.7 Å². The monoisotopic (exact) mass is 740 g/mol. The van der Waals surface area contributed by atoms with Gasteiger partial charge in [0.2, 0.25) is 0 Å². The van der Waals surface area contributed by atoms with E-state index < -0.39 is 0 Å². The van der Waals surface area contributed by atoms with Crippen LogP contribution < -0.4 is 0 Å². The van der Waals surface area contributed by atoms with Crippen LogP contribution in [-0.2, 0) is 12.8 Å². The van der Waals surface area contributed by atoms with E-state index in [9.17, 15) is 0 Å². The summed E-state index contributed by atoms with van der Waals surface area (Å²) in [6.07, 6.45) is 22.2. The zero-order valence-electron chi connectivity index (χ0n) is 29.8. The zero-order chi connectivity index (χ0) is 34.3. The van der Waals surface area contributed by atoms with Crippen molar-refractivity contribution in [2.45, 2.75) is 106 Å². The lowest BCUT2D eigenvalue weighted by Gasteiger charge is -2.03. The van der Waals surface area contributed by atoms with Gasteiger partial charge in [-0.15, -0.1) is 45.3 Å². The number of hydrogen-bond donors (Lipinski definition) is 0. The van der Waals surface area contributed by atoms with Crippen LogP contribution >= 0.6 is 57.1 Å². The molecule has 5 heterocycles. The molecule has 2 nitrogen and oxygen atoms in total. The lowest BCUT2D eigenvalue weighted by molar-refractivity contribution is 0.670. The maximum absolute atomic E-state index is 4.83. The summed E-state index contributed by atoms with van der Waals surface area (Å²) in [6.45, 7) is 13.5. The summed E-state index contributed by atoms with van der Waals surface area (Å²) in [5.41, 5.74) is 9.75. The van der Waals surface area contributed by atoms with Gasteiger partial charge in [-0.1, -0.05) is 64.5 Å². The lowest BCUT2D eigenvalue weighted by atomic mass is 10.0. The standard InChI is InChI=1S/C42H48N2S5/c1-7-9-11-13-15-31-23-27(3)35(45-31)19-21-37-29(5)25-39(47-37)33-17-18-34(42-41(33)43-49-44-42)40-26-30(6)38(48-40)22-20-36-28(4)24-32(46-36)16-14-12-10-8-2/h17-26H,7-16H2,1-6H3/b21-19+,22-20+. The number of benzene rings is 1. The SMILES string of the molecule is CCCCCCc1cc(C)c(/C=C/c2sc(-c3ccc(-c4cc(C)c(/C=C/c5sc(CCCCCC)cc5C)s4)c4nsnc34)cc2C)s1. The average Bonchev–Trinajstić information content (AvgIpc) is 3.92. The van der Waals surface area contributed by atoms with Gasteiger partial charge < -0.3 is 0 Å². The molecule has 0 amide bonds. The Balaban J connectivity index is 1.19. The molecular weight excluding hydrogens is 693 g/mol. The van der Waals surface area contributed by atoms with Gasteiger partial charge in [-0.2, -0.15) is 8.75 Å². The van der Waals surface area contributed by atoms with Crippen LogP contribution in [0.1, 0.15) is 117 Å². The van der Waals surface area contributed by atoms with Crippen molar-refractivity contribution in [2.24, 2.45) is 0 Å². The van der Waals surface area contributed by atoms with Crippen molar-refractivity contribution in [3.05, 3.63) is 87.9 Å². The minimum Gasteiger partial charge on any atom is -0.172 e. The largest absolute Gasteiger partial charge is 0.172 e. The van der Waals surface area contributed by atoms with Crippen LogP contribution in [-0.4, -0.2) is 8.75 Å². The van der Waals surface area contributed by atoms with Gasteiger partial charge in [0.1, 0.15) is 11.0 Å². The molecule has 0 aliphatic carbocycles. The second kappa shape index (κ2) is 17.0. The first kappa shape index (κ1) is 36.1. The van der Waals surface area contributed by atoms with Crippen molar-refractivity contribution >= 4 is 92.4 Å². The molecule has 0 saturated carbocycles. The molecule has 0 fully saturated rings. The van der Waals surface area contributed by atoms with Crippen LogP contribution in [0, 0.1) is 27.7 Å². The predicted molar refractivity (Wildman–Crippen MR) is 225 cm³/mol.